The van der Waals surface area contributed by atoms with Gasteiger partial charge in [0.25, 0.3) is 0 Å². The number of carbonyl (C=O) groups excluding carboxylic acids is 2. The molecule has 0 spiro atoms. The Morgan fingerprint density at radius 2 is 1.84 bits per heavy atom. The Balaban J connectivity index is 0.00000245. The predicted molar refractivity (Wildman–Crippen MR) is 136 cm³/mol. The summed E-state index contributed by atoms with van der Waals surface area (Å²) in [4.78, 5) is 35.0. The van der Waals surface area contributed by atoms with Gasteiger partial charge in [-0.25, -0.2) is 0 Å². The SMILES string of the molecule is CCNC(=NCCc1c[nH]c2ccccc12)NCCN1C(=O)C2C3C=CC(C3)C2C1=O.I. The van der Waals surface area contributed by atoms with E-state index >= 15 is 0 Å². The number of fused-ring (bicyclic) bond motifs is 6. The Hall–Kier alpha value is -2.36. The predicted octanol–water partition coefficient (Wildman–Crippen LogP) is 2.69. The number of para-hydroxylation sites is 1. The van der Waals surface area contributed by atoms with E-state index in [0.29, 0.717) is 25.6 Å². The number of nitrogens with zero attached hydrogens (tertiary/aromatic N) is 2. The Bertz CT molecular complexity index is 1030. The number of H-pyrrole nitrogens is 1. The number of benzene rings is 1. The molecule has 170 valence electrons. The quantitative estimate of drug-likeness (QED) is 0.164. The largest absolute Gasteiger partial charge is 0.361 e. The van der Waals surface area contributed by atoms with Gasteiger partial charge in [0.15, 0.2) is 5.96 Å². The first kappa shape index (κ1) is 22.8. The molecule has 2 bridgehead atoms. The highest BCUT2D eigenvalue weighted by Gasteiger charge is 2.58. The topological polar surface area (TPSA) is 89.6 Å². The van der Waals surface area contributed by atoms with Crippen LogP contribution < -0.4 is 10.6 Å². The normalized spacial score (nSPS) is 26.0. The summed E-state index contributed by atoms with van der Waals surface area (Å²) in [6, 6.07) is 8.27. The lowest BCUT2D eigenvalue weighted by molar-refractivity contribution is -0.140. The number of amides is 2. The van der Waals surface area contributed by atoms with Crippen molar-refractivity contribution in [3.63, 3.8) is 0 Å². The molecule has 1 aliphatic heterocycles. The van der Waals surface area contributed by atoms with E-state index in [1.54, 1.807) is 0 Å². The zero-order chi connectivity index (χ0) is 21.4. The number of halogens is 1. The maximum absolute atomic E-state index is 12.8. The van der Waals surface area contributed by atoms with Gasteiger partial charge in [-0.2, -0.15) is 0 Å². The summed E-state index contributed by atoms with van der Waals surface area (Å²) in [6.07, 6.45) is 8.10. The molecule has 0 radical (unpaired) electrons. The van der Waals surface area contributed by atoms with Crippen molar-refractivity contribution in [2.75, 3.05) is 26.2 Å². The number of aromatic nitrogens is 1. The van der Waals surface area contributed by atoms with E-state index in [4.69, 9.17) is 0 Å². The molecule has 2 aromatic rings. The molecule has 5 rings (SSSR count). The number of nitrogens with one attached hydrogen (secondary N) is 3. The van der Waals surface area contributed by atoms with Gasteiger partial charge < -0.3 is 15.6 Å². The fourth-order valence-corrected chi connectivity index (χ4v) is 5.44. The van der Waals surface area contributed by atoms with Crippen LogP contribution >= 0.6 is 24.0 Å². The van der Waals surface area contributed by atoms with Crippen LogP contribution in [-0.2, 0) is 16.0 Å². The van der Waals surface area contributed by atoms with E-state index < -0.39 is 0 Å². The summed E-state index contributed by atoms with van der Waals surface area (Å²) in [6.45, 7) is 4.31. The maximum atomic E-state index is 12.8. The zero-order valence-electron chi connectivity index (χ0n) is 18.2. The molecule has 4 atom stereocenters. The van der Waals surface area contributed by atoms with Crippen LogP contribution in [0.3, 0.4) is 0 Å². The minimum atomic E-state index is -0.124. The monoisotopic (exact) mass is 547 g/mol. The minimum absolute atomic E-state index is 0. The molecule has 3 N–H and O–H groups in total. The fraction of sp³-hybridized carbons (Fsp3) is 0.458. The highest BCUT2D eigenvalue weighted by atomic mass is 127. The Kier molecular flexibility index (Phi) is 6.88. The number of guanidine groups is 1. The van der Waals surface area contributed by atoms with Crippen LogP contribution in [0.1, 0.15) is 18.9 Å². The average Bonchev–Trinajstić information content (AvgIpc) is 3.54. The lowest BCUT2D eigenvalue weighted by atomic mass is 9.85. The van der Waals surface area contributed by atoms with Gasteiger partial charge in [-0.1, -0.05) is 30.4 Å². The van der Waals surface area contributed by atoms with Gasteiger partial charge in [-0.15, -0.1) is 24.0 Å². The Morgan fingerprint density at radius 3 is 2.56 bits per heavy atom. The summed E-state index contributed by atoms with van der Waals surface area (Å²) < 4.78 is 0. The van der Waals surface area contributed by atoms with Crippen LogP contribution in [0.5, 0.6) is 0 Å². The fourth-order valence-electron chi connectivity index (χ4n) is 5.44. The molecular weight excluding hydrogens is 517 g/mol. The molecule has 2 fully saturated rings. The molecule has 2 aliphatic carbocycles. The molecule has 4 unspecified atom stereocenters. The van der Waals surface area contributed by atoms with E-state index in [9.17, 15) is 9.59 Å². The van der Waals surface area contributed by atoms with Crippen LogP contribution in [0.15, 0.2) is 47.6 Å². The van der Waals surface area contributed by atoms with Crippen LogP contribution in [0, 0.1) is 23.7 Å². The summed E-state index contributed by atoms with van der Waals surface area (Å²) >= 11 is 0. The van der Waals surface area contributed by atoms with E-state index in [-0.39, 0.29) is 59.5 Å². The van der Waals surface area contributed by atoms with Crippen molar-refractivity contribution in [2.45, 2.75) is 19.8 Å². The summed E-state index contributed by atoms with van der Waals surface area (Å²) in [5, 5.41) is 7.76. The number of allylic oxidation sites excluding steroid dienone is 2. The van der Waals surface area contributed by atoms with Crippen molar-refractivity contribution < 1.29 is 9.59 Å². The smallest absolute Gasteiger partial charge is 0.233 e. The van der Waals surface area contributed by atoms with Crippen molar-refractivity contribution >= 4 is 52.7 Å². The van der Waals surface area contributed by atoms with Gasteiger partial charge in [0.2, 0.25) is 11.8 Å². The third-order valence-electron chi connectivity index (χ3n) is 6.86. The molecular formula is C24H30IN5O2. The Labute approximate surface area is 205 Å². The molecule has 8 heteroatoms. The molecule has 32 heavy (non-hydrogen) atoms. The van der Waals surface area contributed by atoms with Crippen molar-refractivity contribution in [1.82, 2.24) is 20.5 Å². The number of imide groups is 1. The van der Waals surface area contributed by atoms with E-state index in [0.717, 1.165) is 24.9 Å². The van der Waals surface area contributed by atoms with Crippen LogP contribution in [0.4, 0.5) is 0 Å². The lowest BCUT2D eigenvalue weighted by Crippen LogP contribution is -2.43. The summed E-state index contributed by atoms with van der Waals surface area (Å²) in [5.74, 6) is 0.995. The van der Waals surface area contributed by atoms with E-state index in [2.05, 4.69) is 44.9 Å². The number of aromatic amines is 1. The second kappa shape index (κ2) is 9.64. The standard InChI is InChI=1S/C24H29N5O2.HI/c1-2-25-24(26-10-9-17-14-28-19-6-4-3-5-18(17)19)27-11-12-29-22(30)20-15-7-8-16(13-15)21(20)23(29)31;/h3-8,14-16,20-21,28H,2,9-13H2,1H3,(H2,25,26,27);1H. The van der Waals surface area contributed by atoms with Crippen molar-refractivity contribution in [3.8, 4) is 0 Å². The second-order valence-electron chi connectivity index (χ2n) is 8.62. The Morgan fingerprint density at radius 1 is 1.12 bits per heavy atom. The molecule has 2 amide bonds. The van der Waals surface area contributed by atoms with Gasteiger partial charge in [0, 0.05) is 43.3 Å². The number of likely N-dealkylation sites (tertiary alicyclic amines) is 1. The van der Waals surface area contributed by atoms with Crippen LogP contribution in [0.25, 0.3) is 10.9 Å². The molecule has 1 aromatic carbocycles. The molecule has 1 saturated carbocycles. The molecule has 3 aliphatic rings. The van der Waals surface area contributed by atoms with Crippen molar-refractivity contribution in [2.24, 2.45) is 28.7 Å². The van der Waals surface area contributed by atoms with E-state index in [1.807, 2.05) is 25.3 Å². The van der Waals surface area contributed by atoms with Gasteiger partial charge >= 0.3 is 0 Å². The summed E-state index contributed by atoms with van der Waals surface area (Å²) in [7, 11) is 0. The van der Waals surface area contributed by atoms with Crippen molar-refractivity contribution in [1.29, 1.82) is 0 Å². The number of rotatable bonds is 7. The number of hydrogen-bond acceptors (Lipinski definition) is 3. The summed E-state index contributed by atoms with van der Waals surface area (Å²) in [5.41, 5.74) is 2.39. The molecule has 2 heterocycles. The third kappa shape index (κ3) is 4.04. The maximum Gasteiger partial charge on any atom is 0.233 e. The first-order valence-electron chi connectivity index (χ1n) is 11.3. The van der Waals surface area contributed by atoms with Crippen LogP contribution in [-0.4, -0.2) is 53.8 Å². The number of carbonyl (C=O) groups is 2. The number of hydrogen-bond donors (Lipinski definition) is 3. The van der Waals surface area contributed by atoms with Gasteiger partial charge in [0.05, 0.1) is 11.8 Å². The molecule has 1 saturated heterocycles. The van der Waals surface area contributed by atoms with Crippen LogP contribution in [0.2, 0.25) is 0 Å². The third-order valence-corrected chi connectivity index (χ3v) is 6.86. The second-order valence-corrected chi connectivity index (χ2v) is 8.62. The number of aliphatic imine (C=N–C) groups is 1. The van der Waals surface area contributed by atoms with Crippen molar-refractivity contribution in [3.05, 3.63) is 48.2 Å². The average molecular weight is 547 g/mol. The zero-order valence-corrected chi connectivity index (χ0v) is 20.5. The lowest BCUT2D eigenvalue weighted by Gasteiger charge is -2.18. The first-order chi connectivity index (χ1) is 15.2. The van der Waals surface area contributed by atoms with Gasteiger partial charge in [0.1, 0.15) is 0 Å². The first-order valence-corrected chi connectivity index (χ1v) is 11.3. The van der Waals surface area contributed by atoms with E-state index in [1.165, 1.54) is 15.8 Å². The minimum Gasteiger partial charge on any atom is -0.361 e. The highest BCUT2D eigenvalue weighted by Crippen LogP contribution is 2.52. The molecule has 7 nitrogen and oxygen atoms in total. The van der Waals surface area contributed by atoms with Gasteiger partial charge in [-0.05, 0) is 43.2 Å². The van der Waals surface area contributed by atoms with Gasteiger partial charge in [-0.3, -0.25) is 19.5 Å². The highest BCUT2D eigenvalue weighted by molar-refractivity contribution is 14.0. The molecule has 1 aromatic heterocycles.